The molecule has 2 aromatic carbocycles. The van der Waals surface area contributed by atoms with Gasteiger partial charge in [-0.25, -0.2) is 12.4 Å². The minimum absolute atomic E-state index is 0.0122. The van der Waals surface area contributed by atoms with E-state index in [1.165, 1.54) is 33.3 Å². The zero-order valence-corrected chi connectivity index (χ0v) is 17.5. The largest absolute Gasteiger partial charge is 0.340 e. The monoisotopic (exact) mass is 436 g/mol. The number of likely N-dealkylation sites (tertiary alicyclic amines) is 1. The number of nitrogens with zero attached hydrogens (tertiary/aromatic N) is 3. The Labute approximate surface area is 179 Å². The summed E-state index contributed by atoms with van der Waals surface area (Å²) in [7, 11) is -3.76. The first-order valence-electron chi connectivity index (χ1n) is 9.73. The second-order valence-electron chi connectivity index (χ2n) is 7.44. The van der Waals surface area contributed by atoms with Gasteiger partial charge in [0.1, 0.15) is 12.6 Å². The number of amides is 2. The summed E-state index contributed by atoms with van der Waals surface area (Å²) in [5, 5.41) is 12.2. The van der Waals surface area contributed by atoms with E-state index in [1.807, 2.05) is 13.0 Å². The van der Waals surface area contributed by atoms with Gasteiger partial charge in [0.05, 0.1) is 16.5 Å². The van der Waals surface area contributed by atoms with Gasteiger partial charge in [0.25, 0.3) is 15.9 Å². The van der Waals surface area contributed by atoms with Crippen molar-refractivity contribution in [3.8, 4) is 6.07 Å². The summed E-state index contributed by atoms with van der Waals surface area (Å²) in [6.45, 7) is 1.82. The third-order valence-corrected chi connectivity index (χ3v) is 7.16. The number of hydrogen-bond donors (Lipinski definition) is 1. The van der Waals surface area contributed by atoms with E-state index in [0.717, 1.165) is 0 Å². The molecule has 0 bridgehead atoms. The van der Waals surface area contributed by atoms with Gasteiger partial charge >= 0.3 is 0 Å². The lowest BCUT2D eigenvalue weighted by Crippen LogP contribution is -2.41. The molecule has 158 valence electrons. The summed E-state index contributed by atoms with van der Waals surface area (Å²) in [5.41, 5.74) is 0.771. The van der Waals surface area contributed by atoms with Crippen molar-refractivity contribution in [1.82, 2.24) is 14.2 Å². The first-order valence-corrected chi connectivity index (χ1v) is 11.2. The molecule has 2 amide bonds. The van der Waals surface area contributed by atoms with E-state index >= 15 is 0 Å². The summed E-state index contributed by atoms with van der Waals surface area (Å²) in [6, 6.07) is 15.6. The van der Waals surface area contributed by atoms with Crippen molar-refractivity contribution < 1.29 is 18.0 Å². The van der Waals surface area contributed by atoms with Crippen LogP contribution >= 0.6 is 0 Å². The Bertz CT molecular complexity index is 1310. The number of carbonyl (C=O) groups excluding carboxylic acids is 2. The highest BCUT2D eigenvalue weighted by Crippen LogP contribution is 2.24. The summed E-state index contributed by atoms with van der Waals surface area (Å²) in [4.78, 5) is 26.8. The normalized spacial score (nSPS) is 18.8. The minimum Gasteiger partial charge on any atom is -0.340 e. The molecule has 1 saturated heterocycles. The van der Waals surface area contributed by atoms with E-state index in [9.17, 15) is 18.0 Å². The lowest BCUT2D eigenvalue weighted by molar-refractivity contribution is -0.129. The van der Waals surface area contributed by atoms with E-state index in [1.54, 1.807) is 36.4 Å². The van der Waals surface area contributed by atoms with Gasteiger partial charge in [-0.2, -0.15) is 5.26 Å². The van der Waals surface area contributed by atoms with Gasteiger partial charge in [-0.05, 0) is 49.7 Å². The van der Waals surface area contributed by atoms with Crippen LogP contribution in [0.4, 0.5) is 0 Å². The number of benzene rings is 2. The molecule has 0 radical (unpaired) electrons. The molecule has 2 heterocycles. The van der Waals surface area contributed by atoms with Gasteiger partial charge in [0, 0.05) is 23.2 Å². The van der Waals surface area contributed by atoms with Crippen LogP contribution < -0.4 is 5.32 Å². The van der Waals surface area contributed by atoms with E-state index in [4.69, 9.17) is 5.26 Å². The Morgan fingerprint density at radius 1 is 1.19 bits per heavy atom. The predicted molar refractivity (Wildman–Crippen MR) is 114 cm³/mol. The summed E-state index contributed by atoms with van der Waals surface area (Å²) >= 11 is 0. The molecule has 3 aromatic rings. The molecule has 1 aliphatic heterocycles. The quantitative estimate of drug-likeness (QED) is 0.616. The van der Waals surface area contributed by atoms with Crippen molar-refractivity contribution in [1.29, 1.82) is 5.26 Å². The number of nitriles is 1. The van der Waals surface area contributed by atoms with Gasteiger partial charge in [-0.3, -0.25) is 9.59 Å². The number of aromatic nitrogens is 1. The maximum absolute atomic E-state index is 12.9. The summed E-state index contributed by atoms with van der Waals surface area (Å²) < 4.78 is 27.0. The molecule has 9 heteroatoms. The smallest absolute Gasteiger partial charge is 0.268 e. The number of carbonyl (C=O) groups is 2. The molecule has 8 nitrogen and oxygen atoms in total. The summed E-state index contributed by atoms with van der Waals surface area (Å²) in [6.07, 6.45) is 1.89. The Morgan fingerprint density at radius 2 is 1.94 bits per heavy atom. The highest BCUT2D eigenvalue weighted by atomic mass is 32.2. The first kappa shape index (κ1) is 20.6. The van der Waals surface area contributed by atoms with Gasteiger partial charge < -0.3 is 10.2 Å². The Kier molecular flexibility index (Phi) is 5.25. The van der Waals surface area contributed by atoms with Crippen LogP contribution in [0.5, 0.6) is 0 Å². The molecule has 31 heavy (non-hydrogen) atoms. The zero-order valence-electron chi connectivity index (χ0n) is 16.7. The maximum Gasteiger partial charge on any atom is 0.268 e. The van der Waals surface area contributed by atoms with Gasteiger partial charge in [0.15, 0.2) is 0 Å². The topological polar surface area (TPSA) is 112 Å². The van der Waals surface area contributed by atoms with Crippen LogP contribution in [0.15, 0.2) is 65.7 Å². The molecular weight excluding hydrogens is 416 g/mol. The van der Waals surface area contributed by atoms with E-state index in [0.29, 0.717) is 22.9 Å². The van der Waals surface area contributed by atoms with Gasteiger partial charge in [0.2, 0.25) is 5.91 Å². The van der Waals surface area contributed by atoms with Crippen LogP contribution in [0.25, 0.3) is 10.9 Å². The number of nitrogens with one attached hydrogen (secondary N) is 1. The standard InChI is InChI=1S/C22H20N4O4S/c1-15-13-19(22(28)25(15)12-10-23)24-21(27)17-7-8-20-16(14-17)9-11-26(20)31(29,30)18-5-3-2-4-6-18/h2-9,11,14-15,19H,12-13H2,1H3,(H,24,27). The average molecular weight is 436 g/mol. The fourth-order valence-corrected chi connectivity index (χ4v) is 5.21. The third-order valence-electron chi connectivity index (χ3n) is 5.45. The van der Waals surface area contributed by atoms with Crippen molar-refractivity contribution in [3.63, 3.8) is 0 Å². The second-order valence-corrected chi connectivity index (χ2v) is 9.25. The Hall–Kier alpha value is -3.64. The van der Waals surface area contributed by atoms with Crippen molar-refractivity contribution in [2.75, 3.05) is 6.54 Å². The molecule has 1 aliphatic rings. The molecule has 2 atom stereocenters. The van der Waals surface area contributed by atoms with Gasteiger partial charge in [-0.15, -0.1) is 0 Å². The van der Waals surface area contributed by atoms with Crippen LogP contribution in [0.2, 0.25) is 0 Å². The van der Waals surface area contributed by atoms with Crippen LogP contribution in [0.1, 0.15) is 23.7 Å². The molecule has 0 aliphatic carbocycles. The lowest BCUT2D eigenvalue weighted by Gasteiger charge is -2.17. The van der Waals surface area contributed by atoms with Crippen LogP contribution in [0.3, 0.4) is 0 Å². The molecule has 1 aromatic heterocycles. The van der Waals surface area contributed by atoms with Crippen molar-refractivity contribution in [2.24, 2.45) is 0 Å². The fraction of sp³-hybridized carbons (Fsp3) is 0.227. The molecule has 4 rings (SSSR count). The van der Waals surface area contributed by atoms with E-state index in [2.05, 4.69) is 5.32 Å². The van der Waals surface area contributed by atoms with Crippen LogP contribution in [0, 0.1) is 11.3 Å². The third kappa shape index (κ3) is 3.66. The molecule has 0 saturated carbocycles. The molecule has 1 fully saturated rings. The zero-order chi connectivity index (χ0) is 22.2. The van der Waals surface area contributed by atoms with Crippen molar-refractivity contribution >= 4 is 32.7 Å². The van der Waals surface area contributed by atoms with E-state index in [-0.39, 0.29) is 23.4 Å². The van der Waals surface area contributed by atoms with Crippen molar-refractivity contribution in [3.05, 3.63) is 66.4 Å². The Balaban J connectivity index is 1.58. The molecule has 1 N–H and O–H groups in total. The number of fused-ring (bicyclic) bond motifs is 1. The SMILES string of the molecule is CC1CC(NC(=O)c2ccc3c(ccn3S(=O)(=O)c3ccccc3)c2)C(=O)N1CC#N. The summed E-state index contributed by atoms with van der Waals surface area (Å²) in [5.74, 6) is -0.700. The fourth-order valence-electron chi connectivity index (χ4n) is 3.83. The number of rotatable bonds is 5. The van der Waals surface area contributed by atoms with Crippen LogP contribution in [-0.4, -0.2) is 47.7 Å². The number of hydrogen-bond acceptors (Lipinski definition) is 5. The Morgan fingerprint density at radius 3 is 2.65 bits per heavy atom. The predicted octanol–water partition coefficient (Wildman–Crippen LogP) is 2.12. The molecule has 2 unspecified atom stereocenters. The highest BCUT2D eigenvalue weighted by molar-refractivity contribution is 7.90. The van der Waals surface area contributed by atoms with Crippen molar-refractivity contribution in [2.45, 2.75) is 30.3 Å². The molecule has 0 spiro atoms. The second kappa shape index (κ2) is 7.89. The minimum atomic E-state index is -3.76. The lowest BCUT2D eigenvalue weighted by atomic mass is 10.1. The van der Waals surface area contributed by atoms with E-state index < -0.39 is 22.0 Å². The molecular formula is C22H20N4O4S. The van der Waals surface area contributed by atoms with Crippen LogP contribution in [-0.2, 0) is 14.8 Å². The van der Waals surface area contributed by atoms with Gasteiger partial charge in [-0.1, -0.05) is 18.2 Å². The highest BCUT2D eigenvalue weighted by Gasteiger charge is 2.37. The average Bonchev–Trinajstić information content (AvgIpc) is 3.31. The maximum atomic E-state index is 12.9. The first-order chi connectivity index (χ1) is 14.8.